The van der Waals surface area contributed by atoms with Crippen LogP contribution in [0.15, 0.2) is 12.1 Å². The second-order valence-electron chi connectivity index (χ2n) is 3.93. The van der Waals surface area contributed by atoms with Crippen LogP contribution in [0.5, 0.6) is 0 Å². The van der Waals surface area contributed by atoms with Gasteiger partial charge in [0.15, 0.2) is 0 Å². The van der Waals surface area contributed by atoms with E-state index in [4.69, 9.17) is 0 Å². The van der Waals surface area contributed by atoms with E-state index >= 15 is 0 Å². The first-order valence-corrected chi connectivity index (χ1v) is 4.99. The molecule has 1 atom stereocenters. The Labute approximate surface area is 88.1 Å². The van der Waals surface area contributed by atoms with E-state index in [2.05, 4.69) is 0 Å². The number of alkyl halides is 2. The van der Waals surface area contributed by atoms with E-state index in [-0.39, 0.29) is 11.5 Å². The molecule has 0 N–H and O–H groups in total. The highest BCUT2D eigenvalue weighted by Gasteiger charge is 2.13. The van der Waals surface area contributed by atoms with Crippen LogP contribution >= 0.6 is 0 Å². The largest absolute Gasteiger partial charge is 0.251 e. The first-order chi connectivity index (χ1) is 7.10. The highest BCUT2D eigenvalue weighted by molar-refractivity contribution is 5.33. The molecule has 0 amide bonds. The lowest BCUT2D eigenvalue weighted by Gasteiger charge is -2.12. The van der Waals surface area contributed by atoms with Gasteiger partial charge in [-0.05, 0) is 30.4 Å². The third-order valence-corrected chi connectivity index (χ3v) is 2.50. The van der Waals surface area contributed by atoms with Crippen molar-refractivity contribution in [3.05, 3.63) is 34.6 Å². The zero-order chi connectivity index (χ0) is 11.4. The summed E-state index contributed by atoms with van der Waals surface area (Å²) in [7, 11) is 0. The van der Waals surface area contributed by atoms with Crippen LogP contribution in [-0.2, 0) is 13.1 Å². The Morgan fingerprint density at radius 2 is 1.93 bits per heavy atom. The molecule has 0 heterocycles. The van der Waals surface area contributed by atoms with Crippen molar-refractivity contribution in [3.63, 3.8) is 0 Å². The molecule has 0 saturated carbocycles. The fraction of sp³-hybridized carbons (Fsp3) is 0.500. The van der Waals surface area contributed by atoms with Gasteiger partial charge in [-0.15, -0.1) is 0 Å². The van der Waals surface area contributed by atoms with Crippen molar-refractivity contribution in [1.82, 2.24) is 0 Å². The van der Waals surface area contributed by atoms with E-state index in [1.54, 1.807) is 26.0 Å². The lowest BCUT2D eigenvalue weighted by atomic mass is 9.96. The van der Waals surface area contributed by atoms with Crippen molar-refractivity contribution in [2.75, 3.05) is 6.67 Å². The van der Waals surface area contributed by atoms with Gasteiger partial charge in [-0.2, -0.15) is 0 Å². The molecule has 0 radical (unpaired) electrons. The van der Waals surface area contributed by atoms with Gasteiger partial charge in [0.2, 0.25) is 0 Å². The van der Waals surface area contributed by atoms with Gasteiger partial charge in [0, 0.05) is 5.56 Å². The molecule has 0 aromatic heterocycles. The summed E-state index contributed by atoms with van der Waals surface area (Å²) in [5.41, 5.74) is 1.08. The molecule has 0 spiro atoms. The van der Waals surface area contributed by atoms with E-state index in [0.717, 1.165) is 0 Å². The molecule has 0 nitrogen and oxygen atoms in total. The molecule has 0 saturated heterocycles. The fourth-order valence-corrected chi connectivity index (χ4v) is 1.54. The van der Waals surface area contributed by atoms with Gasteiger partial charge in [-0.25, -0.2) is 8.78 Å². The maximum Gasteiger partial charge on any atom is 0.132 e. The first kappa shape index (κ1) is 12.1. The predicted octanol–water partition coefficient (Wildman–Crippen LogP) is 3.75. The fourth-order valence-electron chi connectivity index (χ4n) is 1.54. The molecule has 0 bridgehead atoms. The van der Waals surface area contributed by atoms with Crippen LogP contribution in [0, 0.1) is 18.7 Å². The number of hydrogen-bond donors (Lipinski definition) is 0. The van der Waals surface area contributed by atoms with Gasteiger partial charge in [-0.3, -0.25) is 4.39 Å². The number of hydrogen-bond acceptors (Lipinski definition) is 0. The normalized spacial score (nSPS) is 12.9. The van der Waals surface area contributed by atoms with Crippen LogP contribution in [0.3, 0.4) is 0 Å². The molecule has 0 aliphatic heterocycles. The van der Waals surface area contributed by atoms with Crippen LogP contribution in [0.4, 0.5) is 13.2 Å². The van der Waals surface area contributed by atoms with Gasteiger partial charge in [-0.1, -0.05) is 19.1 Å². The highest BCUT2D eigenvalue weighted by atomic mass is 19.1. The Morgan fingerprint density at radius 3 is 2.47 bits per heavy atom. The van der Waals surface area contributed by atoms with Crippen molar-refractivity contribution < 1.29 is 13.2 Å². The smallest absolute Gasteiger partial charge is 0.132 e. The minimum atomic E-state index is -0.831. The van der Waals surface area contributed by atoms with Gasteiger partial charge < -0.3 is 0 Å². The summed E-state index contributed by atoms with van der Waals surface area (Å²) in [6.07, 6.45) is 0.382. The van der Waals surface area contributed by atoms with Gasteiger partial charge in [0.1, 0.15) is 12.5 Å². The van der Waals surface area contributed by atoms with E-state index < -0.39 is 19.2 Å². The summed E-state index contributed by atoms with van der Waals surface area (Å²) in [5.74, 6) is -0.696. The van der Waals surface area contributed by atoms with Gasteiger partial charge in [0.25, 0.3) is 0 Å². The topological polar surface area (TPSA) is 0 Å². The van der Waals surface area contributed by atoms with Crippen LogP contribution in [0.2, 0.25) is 0 Å². The third kappa shape index (κ3) is 2.74. The summed E-state index contributed by atoms with van der Waals surface area (Å²) in [4.78, 5) is 0. The van der Waals surface area contributed by atoms with Crippen LogP contribution in [0.1, 0.15) is 23.6 Å². The zero-order valence-corrected chi connectivity index (χ0v) is 8.99. The van der Waals surface area contributed by atoms with Crippen molar-refractivity contribution in [1.29, 1.82) is 0 Å². The minimum absolute atomic E-state index is 0.0790. The second-order valence-corrected chi connectivity index (χ2v) is 3.93. The first-order valence-electron chi connectivity index (χ1n) is 4.99. The Bertz CT molecular complexity index is 334. The molecule has 3 heteroatoms. The zero-order valence-electron chi connectivity index (χ0n) is 8.99. The summed E-state index contributed by atoms with van der Waals surface area (Å²) in [6, 6.07) is 3.29. The monoisotopic (exact) mass is 216 g/mol. The van der Waals surface area contributed by atoms with E-state index in [0.29, 0.717) is 17.5 Å². The predicted molar refractivity (Wildman–Crippen MR) is 54.8 cm³/mol. The molecule has 0 aliphatic rings. The molecule has 1 aromatic rings. The SMILES string of the molecule is Cc1ccc(CC(C)CF)c(CF)c1F. The Hall–Kier alpha value is -0.990. The Morgan fingerprint density at radius 1 is 1.27 bits per heavy atom. The molecule has 0 fully saturated rings. The van der Waals surface area contributed by atoms with Crippen molar-refractivity contribution in [2.45, 2.75) is 26.9 Å². The van der Waals surface area contributed by atoms with Crippen molar-refractivity contribution >= 4 is 0 Å². The summed E-state index contributed by atoms with van der Waals surface area (Å²) >= 11 is 0. The van der Waals surface area contributed by atoms with E-state index in [1.807, 2.05) is 0 Å². The maximum absolute atomic E-state index is 13.5. The molecule has 1 rings (SSSR count). The third-order valence-electron chi connectivity index (χ3n) is 2.50. The average molecular weight is 216 g/mol. The standard InChI is InChI=1S/C12H15F3/c1-8(6-13)5-10-4-3-9(2)12(15)11(10)7-14/h3-4,8H,5-7H2,1-2H3. The summed E-state index contributed by atoms with van der Waals surface area (Å²) in [6.45, 7) is 2.01. The van der Waals surface area contributed by atoms with Crippen molar-refractivity contribution in [2.24, 2.45) is 5.92 Å². The van der Waals surface area contributed by atoms with Gasteiger partial charge >= 0.3 is 0 Å². The lowest BCUT2D eigenvalue weighted by molar-refractivity contribution is 0.377. The Balaban J connectivity index is 3.02. The minimum Gasteiger partial charge on any atom is -0.251 e. The maximum atomic E-state index is 13.5. The highest BCUT2D eigenvalue weighted by Crippen LogP contribution is 2.21. The molecular weight excluding hydrogens is 201 g/mol. The summed E-state index contributed by atoms with van der Waals surface area (Å²) in [5, 5.41) is 0. The van der Waals surface area contributed by atoms with Crippen LogP contribution in [-0.4, -0.2) is 6.67 Å². The van der Waals surface area contributed by atoms with E-state index in [1.165, 1.54) is 0 Å². The molecule has 84 valence electrons. The quantitative estimate of drug-likeness (QED) is 0.719. The molecular formula is C12H15F3. The molecule has 1 unspecified atom stereocenters. The number of halogens is 3. The molecule has 15 heavy (non-hydrogen) atoms. The van der Waals surface area contributed by atoms with E-state index in [9.17, 15) is 13.2 Å². The van der Waals surface area contributed by atoms with Crippen LogP contribution < -0.4 is 0 Å². The molecule has 1 aromatic carbocycles. The number of rotatable bonds is 4. The van der Waals surface area contributed by atoms with Crippen molar-refractivity contribution in [3.8, 4) is 0 Å². The Kier molecular flexibility index (Phi) is 4.18. The second kappa shape index (κ2) is 5.19. The lowest BCUT2D eigenvalue weighted by Crippen LogP contribution is -2.06. The number of aryl methyl sites for hydroxylation is 1. The average Bonchev–Trinajstić information content (AvgIpc) is 2.24. The summed E-state index contributed by atoms with van der Waals surface area (Å²) < 4.78 is 38.4. The van der Waals surface area contributed by atoms with Gasteiger partial charge in [0.05, 0.1) is 6.67 Å². The number of benzene rings is 1. The van der Waals surface area contributed by atoms with Crippen LogP contribution in [0.25, 0.3) is 0 Å². The molecule has 0 aliphatic carbocycles.